The van der Waals surface area contributed by atoms with Gasteiger partial charge in [0.1, 0.15) is 18.2 Å². The molecule has 0 spiro atoms. The van der Waals surface area contributed by atoms with Gasteiger partial charge < -0.3 is 4.42 Å². The van der Waals surface area contributed by atoms with E-state index in [1.807, 2.05) is 0 Å². The molecule has 0 aliphatic rings. The van der Waals surface area contributed by atoms with E-state index in [1.165, 1.54) is 44.3 Å². The van der Waals surface area contributed by atoms with Gasteiger partial charge in [0.25, 0.3) is 0 Å². The van der Waals surface area contributed by atoms with Crippen molar-refractivity contribution in [3.8, 4) is 11.3 Å². The first kappa shape index (κ1) is 17.8. The standard InChI is InChI=1S/C25H28NO/c1-15(2)11-19-14-26(6)22(13-18(19)5)24-17(4)8-9-20-21-12-16(3)7-10-23(21)27-25(20)24/h7-10,12-15H,11H2,1-6H3/q+1. The van der Waals surface area contributed by atoms with Crippen LogP contribution in [0, 0.1) is 26.7 Å². The minimum absolute atomic E-state index is 0.651. The van der Waals surface area contributed by atoms with Crippen molar-refractivity contribution < 1.29 is 8.98 Å². The molecule has 0 atom stereocenters. The maximum absolute atomic E-state index is 6.35. The van der Waals surface area contributed by atoms with E-state index in [9.17, 15) is 0 Å². The van der Waals surface area contributed by atoms with E-state index in [-0.39, 0.29) is 0 Å². The maximum Gasteiger partial charge on any atom is 0.216 e. The molecule has 2 nitrogen and oxygen atoms in total. The Kier molecular flexibility index (Phi) is 4.30. The highest BCUT2D eigenvalue weighted by Crippen LogP contribution is 2.37. The average molecular weight is 359 g/mol. The van der Waals surface area contributed by atoms with Crippen LogP contribution >= 0.6 is 0 Å². The summed E-state index contributed by atoms with van der Waals surface area (Å²) < 4.78 is 8.61. The maximum atomic E-state index is 6.35. The zero-order valence-corrected chi connectivity index (χ0v) is 17.2. The second kappa shape index (κ2) is 6.53. The average Bonchev–Trinajstić information content (AvgIpc) is 2.95. The molecule has 0 saturated heterocycles. The van der Waals surface area contributed by atoms with Gasteiger partial charge in [0.15, 0.2) is 6.20 Å². The fourth-order valence-electron chi connectivity index (χ4n) is 4.08. The number of furan rings is 1. The van der Waals surface area contributed by atoms with E-state index in [1.54, 1.807) is 0 Å². The van der Waals surface area contributed by atoms with Gasteiger partial charge in [0.05, 0.1) is 5.56 Å². The molecule has 0 fully saturated rings. The molecule has 0 radical (unpaired) electrons. The molecule has 0 unspecified atom stereocenters. The van der Waals surface area contributed by atoms with Gasteiger partial charge in [-0.25, -0.2) is 4.57 Å². The molecule has 4 aromatic rings. The van der Waals surface area contributed by atoms with Crippen LogP contribution in [0.1, 0.15) is 36.1 Å². The van der Waals surface area contributed by atoms with E-state index in [2.05, 4.69) is 88.8 Å². The summed E-state index contributed by atoms with van der Waals surface area (Å²) in [4.78, 5) is 0. The molecule has 0 amide bonds. The SMILES string of the molecule is Cc1ccc2oc3c(-c4cc(C)c(CC(C)C)c[n+]4C)c(C)ccc3c2c1. The molecular formula is C25H28NO+. The Morgan fingerprint density at radius 2 is 1.70 bits per heavy atom. The summed E-state index contributed by atoms with van der Waals surface area (Å²) in [5, 5.41) is 2.39. The van der Waals surface area contributed by atoms with Gasteiger partial charge in [-0.1, -0.05) is 37.6 Å². The molecule has 2 heteroatoms. The number of hydrogen-bond donors (Lipinski definition) is 0. The van der Waals surface area contributed by atoms with Gasteiger partial charge in [-0.15, -0.1) is 0 Å². The molecule has 4 rings (SSSR count). The Labute approximate surface area is 161 Å². The van der Waals surface area contributed by atoms with Gasteiger partial charge in [0, 0.05) is 22.4 Å². The van der Waals surface area contributed by atoms with Crippen molar-refractivity contribution >= 4 is 21.9 Å². The van der Waals surface area contributed by atoms with Crippen molar-refractivity contribution in [1.82, 2.24) is 0 Å². The normalized spacial score (nSPS) is 11.8. The van der Waals surface area contributed by atoms with Crippen LogP contribution in [0.25, 0.3) is 33.2 Å². The van der Waals surface area contributed by atoms with Crippen LogP contribution in [0.3, 0.4) is 0 Å². The number of benzene rings is 2. The molecule has 0 bridgehead atoms. The molecule has 0 aliphatic carbocycles. The lowest BCUT2D eigenvalue weighted by molar-refractivity contribution is -0.660. The summed E-state index contributed by atoms with van der Waals surface area (Å²) in [6.45, 7) is 11.1. The van der Waals surface area contributed by atoms with E-state index in [4.69, 9.17) is 4.42 Å². The van der Waals surface area contributed by atoms with E-state index in [0.29, 0.717) is 5.92 Å². The van der Waals surface area contributed by atoms with Crippen molar-refractivity contribution in [3.63, 3.8) is 0 Å². The highest BCUT2D eigenvalue weighted by atomic mass is 16.3. The van der Waals surface area contributed by atoms with Crippen molar-refractivity contribution in [2.24, 2.45) is 13.0 Å². The molecule has 138 valence electrons. The fraction of sp³-hybridized carbons (Fsp3) is 0.320. The third-order valence-electron chi connectivity index (χ3n) is 5.48. The zero-order chi connectivity index (χ0) is 19.3. The number of aryl methyl sites for hydroxylation is 4. The van der Waals surface area contributed by atoms with Crippen LogP contribution in [0.4, 0.5) is 0 Å². The van der Waals surface area contributed by atoms with Crippen molar-refractivity contribution in [3.05, 3.63) is 64.8 Å². The number of pyridine rings is 1. The summed E-state index contributed by atoms with van der Waals surface area (Å²) >= 11 is 0. The van der Waals surface area contributed by atoms with Gasteiger partial charge in [-0.3, -0.25) is 0 Å². The Morgan fingerprint density at radius 3 is 2.44 bits per heavy atom. The first-order valence-electron chi connectivity index (χ1n) is 9.77. The number of nitrogens with zero attached hydrogens (tertiary/aromatic N) is 1. The van der Waals surface area contributed by atoms with Gasteiger partial charge in [-0.2, -0.15) is 0 Å². The highest BCUT2D eigenvalue weighted by Gasteiger charge is 2.22. The van der Waals surface area contributed by atoms with Gasteiger partial charge >= 0.3 is 0 Å². The molecule has 2 aromatic heterocycles. The second-order valence-corrected chi connectivity index (χ2v) is 8.31. The minimum Gasteiger partial charge on any atom is -0.455 e. The van der Waals surface area contributed by atoms with Crippen LogP contribution in [-0.2, 0) is 13.5 Å². The lowest BCUT2D eigenvalue weighted by atomic mass is 9.96. The molecule has 2 aromatic carbocycles. The number of fused-ring (bicyclic) bond motifs is 3. The monoisotopic (exact) mass is 358 g/mol. The predicted octanol–water partition coefficient (Wildman–Crippen LogP) is 6.20. The number of hydrogen-bond acceptors (Lipinski definition) is 1. The molecule has 0 saturated carbocycles. The highest BCUT2D eigenvalue weighted by molar-refractivity contribution is 6.09. The number of rotatable bonds is 3. The lowest BCUT2D eigenvalue weighted by Gasteiger charge is -2.11. The topological polar surface area (TPSA) is 17.0 Å². The first-order chi connectivity index (χ1) is 12.8. The summed E-state index contributed by atoms with van der Waals surface area (Å²) in [5.74, 6) is 0.651. The zero-order valence-electron chi connectivity index (χ0n) is 17.2. The molecular weight excluding hydrogens is 330 g/mol. The molecule has 0 N–H and O–H groups in total. The number of aromatic nitrogens is 1. The minimum atomic E-state index is 0.651. The van der Waals surface area contributed by atoms with Crippen LogP contribution in [-0.4, -0.2) is 0 Å². The summed E-state index contributed by atoms with van der Waals surface area (Å²) in [5.41, 5.74) is 9.61. The van der Waals surface area contributed by atoms with Crippen LogP contribution < -0.4 is 4.57 Å². The summed E-state index contributed by atoms with van der Waals surface area (Å²) in [7, 11) is 2.14. The van der Waals surface area contributed by atoms with Gasteiger partial charge in [-0.05, 0) is 56.4 Å². The second-order valence-electron chi connectivity index (χ2n) is 8.31. The molecule has 2 heterocycles. The largest absolute Gasteiger partial charge is 0.455 e. The van der Waals surface area contributed by atoms with Crippen molar-refractivity contribution in [1.29, 1.82) is 0 Å². The van der Waals surface area contributed by atoms with E-state index in [0.717, 1.165) is 17.6 Å². The molecule has 27 heavy (non-hydrogen) atoms. The van der Waals surface area contributed by atoms with Crippen molar-refractivity contribution in [2.75, 3.05) is 0 Å². The lowest BCUT2D eigenvalue weighted by Crippen LogP contribution is -2.32. The van der Waals surface area contributed by atoms with E-state index >= 15 is 0 Å². The van der Waals surface area contributed by atoms with Crippen LogP contribution in [0.15, 0.2) is 47.0 Å². The Balaban J connectivity index is 2.00. The smallest absolute Gasteiger partial charge is 0.216 e. The van der Waals surface area contributed by atoms with Crippen LogP contribution in [0.2, 0.25) is 0 Å². The third kappa shape index (κ3) is 3.03. The van der Waals surface area contributed by atoms with Crippen LogP contribution in [0.5, 0.6) is 0 Å². The fourth-order valence-corrected chi connectivity index (χ4v) is 4.08. The Bertz CT molecular complexity index is 1160. The predicted molar refractivity (Wildman–Crippen MR) is 113 cm³/mol. The third-order valence-corrected chi connectivity index (χ3v) is 5.48. The Hall–Kier alpha value is -2.61. The molecule has 0 aliphatic heterocycles. The quantitative estimate of drug-likeness (QED) is 0.398. The summed E-state index contributed by atoms with van der Waals surface area (Å²) in [6.07, 6.45) is 3.39. The van der Waals surface area contributed by atoms with Gasteiger partial charge in [0.2, 0.25) is 5.69 Å². The summed E-state index contributed by atoms with van der Waals surface area (Å²) in [6, 6.07) is 13.1. The van der Waals surface area contributed by atoms with Crippen molar-refractivity contribution in [2.45, 2.75) is 41.0 Å². The van der Waals surface area contributed by atoms with E-state index < -0.39 is 0 Å². The first-order valence-corrected chi connectivity index (χ1v) is 9.77. The Morgan fingerprint density at radius 1 is 0.926 bits per heavy atom.